The molecule has 33 heavy (non-hydrogen) atoms. The van der Waals surface area contributed by atoms with Crippen molar-refractivity contribution in [1.82, 2.24) is 24.8 Å². The van der Waals surface area contributed by atoms with Gasteiger partial charge in [-0.15, -0.1) is 11.3 Å². The number of pyridine rings is 2. The minimum absolute atomic E-state index is 0.119. The van der Waals surface area contributed by atoms with Crippen LogP contribution in [0, 0.1) is 0 Å². The predicted molar refractivity (Wildman–Crippen MR) is 124 cm³/mol. The van der Waals surface area contributed by atoms with Gasteiger partial charge >= 0.3 is 0 Å². The molecule has 3 aromatic heterocycles. The van der Waals surface area contributed by atoms with Crippen molar-refractivity contribution >= 4 is 34.8 Å². The monoisotopic (exact) mass is 473 g/mol. The Morgan fingerprint density at radius 1 is 1.03 bits per heavy atom. The van der Waals surface area contributed by atoms with Crippen molar-refractivity contribution in [2.24, 2.45) is 0 Å². The van der Waals surface area contributed by atoms with E-state index in [4.69, 9.17) is 11.6 Å². The molecule has 2 amide bonds. The summed E-state index contributed by atoms with van der Waals surface area (Å²) < 4.78 is 0. The van der Waals surface area contributed by atoms with E-state index in [1.54, 1.807) is 58.2 Å². The van der Waals surface area contributed by atoms with Crippen LogP contribution in [-0.2, 0) is 5.66 Å². The van der Waals surface area contributed by atoms with Crippen LogP contribution < -0.4 is 0 Å². The van der Waals surface area contributed by atoms with E-state index in [-0.39, 0.29) is 11.8 Å². The highest BCUT2D eigenvalue weighted by atomic mass is 35.5. The van der Waals surface area contributed by atoms with Crippen LogP contribution in [0.15, 0.2) is 72.6 Å². The number of nitrogens with zero attached hydrogens (tertiary/aromatic N) is 5. The molecule has 2 aliphatic heterocycles. The molecular weight excluding hydrogens is 458 g/mol. The third-order valence-electron chi connectivity index (χ3n) is 6.12. The second-order valence-corrected chi connectivity index (χ2v) is 9.09. The molecule has 5 heterocycles. The van der Waals surface area contributed by atoms with Crippen molar-refractivity contribution in [3.8, 4) is 10.6 Å². The lowest BCUT2D eigenvalue weighted by Crippen LogP contribution is -2.51. The molecule has 0 unspecified atom stereocenters. The van der Waals surface area contributed by atoms with Crippen molar-refractivity contribution in [2.75, 3.05) is 13.1 Å². The van der Waals surface area contributed by atoms with Gasteiger partial charge in [0.15, 0.2) is 5.66 Å². The van der Waals surface area contributed by atoms with Crippen LogP contribution >= 0.6 is 22.9 Å². The minimum Gasteiger partial charge on any atom is -0.306 e. The largest absolute Gasteiger partial charge is 0.306 e. The van der Waals surface area contributed by atoms with E-state index in [2.05, 4.69) is 15.0 Å². The molecule has 1 atom stereocenters. The Morgan fingerprint density at radius 3 is 2.64 bits per heavy atom. The summed E-state index contributed by atoms with van der Waals surface area (Å²) >= 11 is 7.55. The second kappa shape index (κ2) is 7.47. The summed E-state index contributed by atoms with van der Waals surface area (Å²) in [7, 11) is 0. The third-order valence-corrected chi connectivity index (χ3v) is 7.27. The first-order valence-electron chi connectivity index (χ1n) is 10.3. The maximum absolute atomic E-state index is 13.9. The highest BCUT2D eigenvalue weighted by Gasteiger charge is 2.60. The van der Waals surface area contributed by atoms with Gasteiger partial charge in [0, 0.05) is 65.0 Å². The van der Waals surface area contributed by atoms with E-state index in [0.717, 1.165) is 11.1 Å². The van der Waals surface area contributed by atoms with Gasteiger partial charge < -0.3 is 9.80 Å². The average molecular weight is 474 g/mol. The van der Waals surface area contributed by atoms with Gasteiger partial charge in [-0.05, 0) is 30.3 Å². The van der Waals surface area contributed by atoms with Crippen molar-refractivity contribution in [2.45, 2.75) is 5.66 Å². The number of halogens is 1. The predicted octanol–water partition coefficient (Wildman–Crippen LogP) is 4.07. The highest BCUT2D eigenvalue weighted by molar-refractivity contribution is 7.13. The summed E-state index contributed by atoms with van der Waals surface area (Å²) in [5, 5.41) is 3.05. The molecule has 1 saturated heterocycles. The zero-order valence-corrected chi connectivity index (χ0v) is 18.8. The maximum atomic E-state index is 13.9. The Hall–Kier alpha value is -3.62. The summed E-state index contributed by atoms with van der Waals surface area (Å²) in [5.74, 6) is -0.365. The number of fused-ring (bicyclic) bond motifs is 3. The van der Waals surface area contributed by atoms with Gasteiger partial charge in [0.1, 0.15) is 10.7 Å². The molecule has 0 saturated carbocycles. The molecule has 2 aliphatic rings. The number of thiazole rings is 1. The number of amides is 2. The van der Waals surface area contributed by atoms with Gasteiger partial charge in [0.05, 0.1) is 5.56 Å². The lowest BCUT2D eigenvalue weighted by molar-refractivity contribution is 0.0371. The topological polar surface area (TPSA) is 79.3 Å². The van der Waals surface area contributed by atoms with Gasteiger partial charge in [-0.25, -0.2) is 4.98 Å². The molecule has 162 valence electrons. The maximum Gasteiger partial charge on any atom is 0.275 e. The number of hydrogen-bond donors (Lipinski definition) is 0. The normalized spacial score (nSPS) is 19.0. The molecule has 6 rings (SSSR count). The Bertz CT molecular complexity index is 1390. The van der Waals surface area contributed by atoms with Gasteiger partial charge in [0.25, 0.3) is 11.8 Å². The van der Waals surface area contributed by atoms with E-state index in [1.165, 1.54) is 11.3 Å². The average Bonchev–Trinajstić information content (AvgIpc) is 3.55. The lowest BCUT2D eigenvalue weighted by atomic mass is 9.91. The number of aromatic nitrogens is 3. The van der Waals surface area contributed by atoms with E-state index >= 15 is 0 Å². The fourth-order valence-corrected chi connectivity index (χ4v) is 5.65. The second-order valence-electron chi connectivity index (χ2n) is 7.79. The van der Waals surface area contributed by atoms with Crippen molar-refractivity contribution in [1.29, 1.82) is 0 Å². The van der Waals surface area contributed by atoms with Gasteiger partial charge in [0.2, 0.25) is 0 Å². The first-order valence-corrected chi connectivity index (χ1v) is 11.6. The van der Waals surface area contributed by atoms with Crippen LogP contribution in [0.3, 0.4) is 0 Å². The number of carbonyl (C=O) groups is 2. The minimum atomic E-state index is -1.10. The number of benzene rings is 1. The fraction of sp³-hybridized carbons (Fsp3) is 0.125. The number of carbonyl (C=O) groups excluding carboxylic acids is 2. The molecule has 4 aromatic rings. The van der Waals surface area contributed by atoms with Crippen molar-refractivity contribution in [3.63, 3.8) is 0 Å². The Balaban J connectivity index is 1.50. The molecule has 0 spiro atoms. The van der Waals surface area contributed by atoms with Crippen LogP contribution in [0.5, 0.6) is 0 Å². The molecule has 0 N–H and O–H groups in total. The summed E-state index contributed by atoms with van der Waals surface area (Å²) in [5.41, 5.74) is 2.10. The van der Waals surface area contributed by atoms with E-state index in [9.17, 15) is 9.59 Å². The zero-order chi connectivity index (χ0) is 22.6. The smallest absolute Gasteiger partial charge is 0.275 e. The van der Waals surface area contributed by atoms with E-state index < -0.39 is 5.66 Å². The molecule has 1 aromatic carbocycles. The lowest BCUT2D eigenvalue weighted by Gasteiger charge is -2.40. The standard InChI is InChI=1S/C24H16ClN5O2S/c25-17-5-3-16(4-6-17)24-19-13-27-9-7-18(19)22(31)29(24)10-11-30(24)23(32)20-14-33-21(28-20)15-2-1-8-26-12-15/h1-9,12-14H,10-11H2/t24-/m0/s1. The van der Waals surface area contributed by atoms with Crippen LogP contribution in [0.2, 0.25) is 5.02 Å². The molecule has 0 aliphatic carbocycles. The molecule has 0 radical (unpaired) electrons. The zero-order valence-electron chi connectivity index (χ0n) is 17.2. The first kappa shape index (κ1) is 20.0. The molecule has 1 fully saturated rings. The Kier molecular flexibility index (Phi) is 4.53. The summed E-state index contributed by atoms with van der Waals surface area (Å²) in [6.07, 6.45) is 6.69. The number of hydrogen-bond acceptors (Lipinski definition) is 6. The van der Waals surface area contributed by atoms with Gasteiger partial charge in [-0.2, -0.15) is 0 Å². The molecule has 9 heteroatoms. The third kappa shape index (κ3) is 2.84. The summed E-state index contributed by atoms with van der Waals surface area (Å²) in [6.45, 7) is 0.781. The Labute approximate surface area is 198 Å². The number of rotatable bonds is 3. The SMILES string of the molecule is O=C(c1csc(-c2cccnc2)n1)N1CCN2C(=O)c3ccncc3[C@]12c1ccc(Cl)cc1. The van der Waals surface area contributed by atoms with Crippen molar-refractivity contribution < 1.29 is 9.59 Å². The van der Waals surface area contributed by atoms with Crippen molar-refractivity contribution in [3.05, 3.63) is 100 Å². The summed E-state index contributed by atoms with van der Waals surface area (Å²) in [4.78, 5) is 43.7. The first-order chi connectivity index (χ1) is 16.1. The van der Waals surface area contributed by atoms with Crippen LogP contribution in [-0.4, -0.2) is 49.7 Å². The van der Waals surface area contributed by atoms with Crippen LogP contribution in [0.4, 0.5) is 0 Å². The quantitative estimate of drug-likeness (QED) is 0.448. The van der Waals surface area contributed by atoms with Crippen LogP contribution in [0.1, 0.15) is 32.0 Å². The van der Waals surface area contributed by atoms with Gasteiger partial charge in [-0.3, -0.25) is 19.6 Å². The Morgan fingerprint density at radius 2 is 1.85 bits per heavy atom. The van der Waals surface area contributed by atoms with Crippen LogP contribution in [0.25, 0.3) is 10.6 Å². The fourth-order valence-electron chi connectivity index (χ4n) is 4.74. The molecule has 0 bridgehead atoms. The van der Waals surface area contributed by atoms with E-state index in [0.29, 0.717) is 39.9 Å². The molecule has 7 nitrogen and oxygen atoms in total. The summed E-state index contributed by atoms with van der Waals surface area (Å²) in [6, 6.07) is 12.7. The molecular formula is C24H16ClN5O2S. The highest BCUT2D eigenvalue weighted by Crippen LogP contribution is 2.50. The van der Waals surface area contributed by atoms with Gasteiger partial charge in [-0.1, -0.05) is 23.7 Å². The van der Waals surface area contributed by atoms with E-state index in [1.807, 2.05) is 24.3 Å².